The fourth-order valence-corrected chi connectivity index (χ4v) is 3.79. The topological polar surface area (TPSA) is 73.2 Å². The second kappa shape index (κ2) is 9.02. The number of benzene rings is 2. The van der Waals surface area contributed by atoms with E-state index in [4.69, 9.17) is 4.74 Å². The van der Waals surface area contributed by atoms with Gasteiger partial charge in [-0.05, 0) is 43.2 Å². The van der Waals surface area contributed by atoms with Gasteiger partial charge in [0.2, 0.25) is 0 Å². The van der Waals surface area contributed by atoms with Crippen LogP contribution in [0.15, 0.2) is 47.3 Å². The molecule has 1 N–H and O–H groups in total. The molecule has 1 aromatic heterocycles. The van der Waals surface area contributed by atoms with Gasteiger partial charge < -0.3 is 10.1 Å². The minimum Gasteiger partial charge on any atom is -0.482 e. The minimum absolute atomic E-state index is 0.0864. The van der Waals surface area contributed by atoms with Crippen molar-refractivity contribution >= 4 is 22.5 Å². The molecular weight excluding hydrogens is 423 g/mol. The molecule has 1 amide bonds. The second-order valence-corrected chi connectivity index (χ2v) is 7.74. The lowest BCUT2D eigenvalue weighted by atomic mass is 10.1. The first kappa shape index (κ1) is 21.9. The molecule has 4 rings (SSSR count). The van der Waals surface area contributed by atoms with Gasteiger partial charge in [-0.2, -0.15) is 13.2 Å². The van der Waals surface area contributed by atoms with Crippen molar-refractivity contribution in [3.8, 4) is 5.75 Å². The number of rotatable bonds is 4. The van der Waals surface area contributed by atoms with Gasteiger partial charge in [-0.1, -0.05) is 25.0 Å². The van der Waals surface area contributed by atoms with Crippen molar-refractivity contribution in [1.82, 2.24) is 9.55 Å². The van der Waals surface area contributed by atoms with E-state index in [0.717, 1.165) is 25.7 Å². The third kappa shape index (κ3) is 4.92. The van der Waals surface area contributed by atoms with E-state index in [1.165, 1.54) is 30.3 Å². The highest BCUT2D eigenvalue weighted by Crippen LogP contribution is 2.27. The number of hydrogen-bond donors (Lipinski definition) is 1. The summed E-state index contributed by atoms with van der Waals surface area (Å²) in [5.74, 6) is 0.0889. The molecular formula is C23H22F3N3O3. The number of nitrogens with one attached hydrogen (secondary N) is 1. The molecule has 0 bridgehead atoms. The van der Waals surface area contributed by atoms with Crippen LogP contribution in [0.5, 0.6) is 5.75 Å². The molecule has 0 saturated carbocycles. The summed E-state index contributed by atoms with van der Waals surface area (Å²) < 4.78 is 44.0. The SMILES string of the molecule is O=C(Nc1ccccc1OCC(F)(F)F)c1ccc2c(=O)n3c(nc2c1)CCCCCC3. The number of para-hydroxylation sites is 2. The minimum atomic E-state index is -4.49. The number of fused-ring (bicyclic) bond motifs is 2. The number of aromatic nitrogens is 2. The van der Waals surface area contributed by atoms with E-state index in [1.807, 2.05) is 0 Å². The summed E-state index contributed by atoms with van der Waals surface area (Å²) in [4.78, 5) is 30.3. The summed E-state index contributed by atoms with van der Waals surface area (Å²) >= 11 is 0. The molecule has 1 aliphatic rings. The zero-order valence-corrected chi connectivity index (χ0v) is 17.2. The third-order valence-corrected chi connectivity index (χ3v) is 5.36. The van der Waals surface area contributed by atoms with Crippen LogP contribution in [0.2, 0.25) is 0 Å². The van der Waals surface area contributed by atoms with Crippen LogP contribution in [-0.4, -0.2) is 28.2 Å². The molecule has 0 spiro atoms. The van der Waals surface area contributed by atoms with Crippen LogP contribution in [0.25, 0.3) is 10.9 Å². The molecule has 32 heavy (non-hydrogen) atoms. The fourth-order valence-electron chi connectivity index (χ4n) is 3.79. The smallest absolute Gasteiger partial charge is 0.422 e. The Labute approximate surface area is 182 Å². The first-order chi connectivity index (χ1) is 15.3. The molecule has 0 saturated heterocycles. The van der Waals surface area contributed by atoms with Gasteiger partial charge in [0.15, 0.2) is 6.61 Å². The van der Waals surface area contributed by atoms with Crippen LogP contribution < -0.4 is 15.6 Å². The van der Waals surface area contributed by atoms with Crippen molar-refractivity contribution in [3.05, 3.63) is 64.2 Å². The van der Waals surface area contributed by atoms with E-state index >= 15 is 0 Å². The Morgan fingerprint density at radius 3 is 2.69 bits per heavy atom. The molecule has 0 radical (unpaired) electrons. The standard InChI is InChI=1S/C23H22F3N3O3/c24-23(25,26)14-32-19-8-5-4-7-17(19)28-21(30)15-10-11-16-18(13-15)27-20-9-3-1-2-6-12-29(20)22(16)31/h4-5,7-8,10-11,13H,1-3,6,9,12,14H2,(H,28,30). The van der Waals surface area contributed by atoms with Crippen molar-refractivity contribution in [1.29, 1.82) is 0 Å². The number of nitrogens with zero attached hydrogens (tertiary/aromatic N) is 2. The van der Waals surface area contributed by atoms with Crippen LogP contribution in [-0.2, 0) is 13.0 Å². The molecule has 0 aliphatic carbocycles. The Bertz CT molecular complexity index is 1200. The zero-order chi connectivity index (χ0) is 22.7. The number of hydrogen-bond acceptors (Lipinski definition) is 4. The number of carbonyl (C=O) groups excluding carboxylic acids is 1. The maximum atomic E-state index is 12.9. The molecule has 2 heterocycles. The summed E-state index contributed by atoms with van der Waals surface area (Å²) in [5.41, 5.74) is 0.666. The summed E-state index contributed by atoms with van der Waals surface area (Å²) in [7, 11) is 0. The van der Waals surface area contributed by atoms with E-state index in [9.17, 15) is 22.8 Å². The Morgan fingerprint density at radius 1 is 1.09 bits per heavy atom. The second-order valence-electron chi connectivity index (χ2n) is 7.74. The van der Waals surface area contributed by atoms with Gasteiger partial charge in [-0.25, -0.2) is 4.98 Å². The maximum Gasteiger partial charge on any atom is 0.422 e. The van der Waals surface area contributed by atoms with E-state index < -0.39 is 18.7 Å². The summed E-state index contributed by atoms with van der Waals surface area (Å²) in [6.07, 6.45) is 0.254. The lowest BCUT2D eigenvalue weighted by molar-refractivity contribution is -0.153. The van der Waals surface area contributed by atoms with E-state index in [2.05, 4.69) is 10.3 Å². The predicted octanol–water partition coefficient (Wildman–Crippen LogP) is 4.71. The number of carbonyl (C=O) groups is 1. The Kier molecular flexibility index (Phi) is 6.16. The Balaban J connectivity index is 1.61. The maximum absolute atomic E-state index is 12.9. The molecule has 6 nitrogen and oxygen atoms in total. The highest BCUT2D eigenvalue weighted by Gasteiger charge is 2.29. The quantitative estimate of drug-likeness (QED) is 0.632. The van der Waals surface area contributed by atoms with Gasteiger partial charge in [-0.3, -0.25) is 14.2 Å². The van der Waals surface area contributed by atoms with Crippen molar-refractivity contribution in [2.24, 2.45) is 0 Å². The van der Waals surface area contributed by atoms with Gasteiger partial charge in [0.1, 0.15) is 11.6 Å². The predicted molar refractivity (Wildman–Crippen MR) is 114 cm³/mol. The van der Waals surface area contributed by atoms with Gasteiger partial charge in [0.25, 0.3) is 11.5 Å². The molecule has 3 aromatic rings. The van der Waals surface area contributed by atoms with Crippen molar-refractivity contribution in [3.63, 3.8) is 0 Å². The summed E-state index contributed by atoms with van der Waals surface area (Å²) in [6.45, 7) is -0.830. The van der Waals surface area contributed by atoms with Gasteiger partial charge in [0, 0.05) is 18.5 Å². The van der Waals surface area contributed by atoms with E-state index in [-0.39, 0.29) is 22.6 Å². The first-order valence-electron chi connectivity index (χ1n) is 10.5. The zero-order valence-electron chi connectivity index (χ0n) is 17.2. The number of aryl methyl sites for hydroxylation is 1. The van der Waals surface area contributed by atoms with Crippen LogP contribution in [0.4, 0.5) is 18.9 Å². The largest absolute Gasteiger partial charge is 0.482 e. The van der Waals surface area contributed by atoms with Crippen molar-refractivity contribution < 1.29 is 22.7 Å². The van der Waals surface area contributed by atoms with Gasteiger partial charge in [0.05, 0.1) is 16.6 Å². The van der Waals surface area contributed by atoms with Gasteiger partial charge >= 0.3 is 6.18 Å². The van der Waals surface area contributed by atoms with Crippen molar-refractivity contribution in [2.75, 3.05) is 11.9 Å². The van der Waals surface area contributed by atoms with Crippen molar-refractivity contribution in [2.45, 2.75) is 44.8 Å². The highest BCUT2D eigenvalue weighted by molar-refractivity contribution is 6.06. The van der Waals surface area contributed by atoms with Gasteiger partial charge in [-0.15, -0.1) is 0 Å². The molecule has 168 valence electrons. The lowest BCUT2D eigenvalue weighted by Gasteiger charge is -2.16. The Hall–Kier alpha value is -3.36. The third-order valence-electron chi connectivity index (χ3n) is 5.36. The average molecular weight is 445 g/mol. The summed E-state index contributed by atoms with van der Waals surface area (Å²) in [6, 6.07) is 10.5. The summed E-state index contributed by atoms with van der Waals surface area (Å²) in [5, 5.41) is 3.01. The van der Waals surface area contributed by atoms with Crippen LogP contribution in [0.1, 0.15) is 41.9 Å². The van der Waals surface area contributed by atoms with Crippen LogP contribution in [0, 0.1) is 0 Å². The number of anilines is 1. The molecule has 0 atom stereocenters. The highest BCUT2D eigenvalue weighted by atomic mass is 19.4. The normalized spacial score (nSPS) is 14.3. The fraction of sp³-hybridized carbons (Fsp3) is 0.348. The molecule has 1 aliphatic heterocycles. The number of halogens is 3. The average Bonchev–Trinajstić information content (AvgIpc) is 2.73. The number of alkyl halides is 3. The molecule has 9 heteroatoms. The van der Waals surface area contributed by atoms with Crippen LogP contribution >= 0.6 is 0 Å². The number of ether oxygens (including phenoxy) is 1. The van der Waals surface area contributed by atoms with Crippen LogP contribution in [0.3, 0.4) is 0 Å². The molecule has 0 unspecified atom stereocenters. The lowest BCUT2D eigenvalue weighted by Crippen LogP contribution is -2.26. The van der Waals surface area contributed by atoms with E-state index in [1.54, 1.807) is 16.7 Å². The molecule has 2 aromatic carbocycles. The monoisotopic (exact) mass is 445 g/mol. The molecule has 0 fully saturated rings. The number of amides is 1. The first-order valence-corrected chi connectivity index (χ1v) is 10.5. The Morgan fingerprint density at radius 2 is 1.88 bits per heavy atom. The van der Waals surface area contributed by atoms with E-state index in [0.29, 0.717) is 29.7 Å².